The fourth-order valence-electron chi connectivity index (χ4n) is 2.30. The summed E-state index contributed by atoms with van der Waals surface area (Å²) < 4.78 is 0. The van der Waals surface area contributed by atoms with Gasteiger partial charge in [0.25, 0.3) is 0 Å². The van der Waals surface area contributed by atoms with E-state index in [1.165, 1.54) is 0 Å². The number of hydrogen-bond acceptors (Lipinski definition) is 3. The molecule has 2 rings (SSSR count). The summed E-state index contributed by atoms with van der Waals surface area (Å²) in [7, 11) is 0. The van der Waals surface area contributed by atoms with Gasteiger partial charge in [-0.05, 0) is 12.0 Å². The van der Waals surface area contributed by atoms with E-state index in [0.29, 0.717) is 12.8 Å². The van der Waals surface area contributed by atoms with Crippen molar-refractivity contribution in [3.05, 3.63) is 35.9 Å². The van der Waals surface area contributed by atoms with Gasteiger partial charge in [0.15, 0.2) is 0 Å². The van der Waals surface area contributed by atoms with Crippen LogP contribution in [0.4, 0.5) is 0 Å². The molecule has 0 aromatic heterocycles. The molecule has 0 spiro atoms. The molecule has 1 heterocycles. The number of carbonyl (C=O) groups is 3. The first-order valence-corrected chi connectivity index (χ1v) is 6.90. The number of hydrogen-bond donors (Lipinski definition) is 3. The predicted molar refractivity (Wildman–Crippen MR) is 75.4 cm³/mol. The van der Waals surface area contributed by atoms with E-state index in [0.717, 1.165) is 5.56 Å². The highest BCUT2D eigenvalue weighted by Gasteiger charge is 2.28. The highest BCUT2D eigenvalue weighted by Crippen LogP contribution is 2.12. The van der Waals surface area contributed by atoms with Gasteiger partial charge in [-0.1, -0.05) is 30.3 Å². The van der Waals surface area contributed by atoms with E-state index < -0.39 is 12.0 Å². The van der Waals surface area contributed by atoms with Crippen LogP contribution in [0, 0.1) is 5.92 Å². The van der Waals surface area contributed by atoms with Crippen molar-refractivity contribution in [2.24, 2.45) is 5.92 Å². The first kappa shape index (κ1) is 15.0. The third kappa shape index (κ3) is 4.30. The van der Waals surface area contributed by atoms with Crippen molar-refractivity contribution in [2.75, 3.05) is 6.54 Å². The number of rotatable bonds is 5. The monoisotopic (exact) mass is 290 g/mol. The Morgan fingerprint density at radius 3 is 2.62 bits per heavy atom. The quantitative estimate of drug-likeness (QED) is 0.728. The van der Waals surface area contributed by atoms with Crippen LogP contribution in [0.2, 0.25) is 0 Å². The Bertz CT molecular complexity index is 520. The molecule has 2 atom stereocenters. The molecule has 6 nitrogen and oxygen atoms in total. The fourth-order valence-corrected chi connectivity index (χ4v) is 2.30. The first-order chi connectivity index (χ1) is 10.1. The van der Waals surface area contributed by atoms with Crippen LogP contribution in [0.5, 0.6) is 0 Å². The third-order valence-corrected chi connectivity index (χ3v) is 3.53. The van der Waals surface area contributed by atoms with Crippen LogP contribution < -0.4 is 10.6 Å². The van der Waals surface area contributed by atoms with Gasteiger partial charge < -0.3 is 15.7 Å². The normalized spacial score (nSPS) is 19.4. The van der Waals surface area contributed by atoms with E-state index in [1.54, 1.807) is 0 Å². The predicted octanol–water partition coefficient (Wildman–Crippen LogP) is 0.325. The second kappa shape index (κ2) is 6.88. The van der Waals surface area contributed by atoms with Crippen molar-refractivity contribution in [1.29, 1.82) is 0 Å². The standard InChI is InChI=1S/C15H18N2O4/c18-13-7-6-11(9-16-13)14(19)17-12(15(20)21)8-10-4-2-1-3-5-10/h1-5,11-12H,6-9H2,(H,16,18)(H,17,19)(H,20,21). The molecule has 3 N–H and O–H groups in total. The molecule has 2 unspecified atom stereocenters. The number of carboxylic acid groups (broad SMARTS) is 1. The van der Waals surface area contributed by atoms with Crippen LogP contribution in [-0.2, 0) is 20.8 Å². The van der Waals surface area contributed by atoms with Gasteiger partial charge in [0.2, 0.25) is 11.8 Å². The van der Waals surface area contributed by atoms with Crippen molar-refractivity contribution in [1.82, 2.24) is 10.6 Å². The Hall–Kier alpha value is -2.37. The highest BCUT2D eigenvalue weighted by atomic mass is 16.4. The van der Waals surface area contributed by atoms with Gasteiger partial charge in [-0.2, -0.15) is 0 Å². The molecule has 0 radical (unpaired) electrons. The van der Waals surface area contributed by atoms with Gasteiger partial charge >= 0.3 is 5.97 Å². The number of piperidine rings is 1. The van der Waals surface area contributed by atoms with Gasteiger partial charge in [-0.3, -0.25) is 9.59 Å². The lowest BCUT2D eigenvalue weighted by Gasteiger charge is -2.23. The maximum Gasteiger partial charge on any atom is 0.326 e. The summed E-state index contributed by atoms with van der Waals surface area (Å²) in [5.74, 6) is -1.82. The smallest absolute Gasteiger partial charge is 0.326 e. The highest BCUT2D eigenvalue weighted by molar-refractivity contribution is 5.87. The van der Waals surface area contributed by atoms with E-state index in [4.69, 9.17) is 0 Å². The molecule has 1 aliphatic rings. The lowest BCUT2D eigenvalue weighted by atomic mass is 9.97. The van der Waals surface area contributed by atoms with Gasteiger partial charge in [-0.15, -0.1) is 0 Å². The van der Waals surface area contributed by atoms with Crippen molar-refractivity contribution in [3.8, 4) is 0 Å². The number of amides is 2. The lowest BCUT2D eigenvalue weighted by molar-refractivity contribution is -0.143. The molecule has 21 heavy (non-hydrogen) atoms. The van der Waals surface area contributed by atoms with Crippen LogP contribution in [0.3, 0.4) is 0 Å². The molecule has 6 heteroatoms. The summed E-state index contributed by atoms with van der Waals surface area (Å²) in [4.78, 5) is 34.4. The minimum absolute atomic E-state index is 0.0712. The van der Waals surface area contributed by atoms with Gasteiger partial charge in [0.05, 0.1) is 5.92 Å². The van der Waals surface area contributed by atoms with E-state index >= 15 is 0 Å². The molecule has 1 saturated heterocycles. The molecule has 0 saturated carbocycles. The molecule has 1 fully saturated rings. The molecule has 112 valence electrons. The molecule has 1 aromatic carbocycles. The summed E-state index contributed by atoms with van der Waals surface area (Å²) >= 11 is 0. The fraction of sp³-hybridized carbons (Fsp3) is 0.400. The van der Waals surface area contributed by atoms with Crippen LogP contribution in [0.1, 0.15) is 18.4 Å². The molecule has 1 aliphatic heterocycles. The number of carbonyl (C=O) groups excluding carboxylic acids is 2. The summed E-state index contributed by atoms with van der Waals surface area (Å²) in [6, 6.07) is 8.19. The largest absolute Gasteiger partial charge is 0.480 e. The average molecular weight is 290 g/mol. The molecular formula is C15H18N2O4. The zero-order chi connectivity index (χ0) is 15.2. The van der Waals surface area contributed by atoms with E-state index in [-0.39, 0.29) is 30.7 Å². The zero-order valence-electron chi connectivity index (χ0n) is 11.5. The lowest BCUT2D eigenvalue weighted by Crippen LogP contribution is -2.49. The maximum absolute atomic E-state index is 12.1. The first-order valence-electron chi connectivity index (χ1n) is 6.90. The molecule has 2 amide bonds. The summed E-state index contributed by atoms with van der Waals surface area (Å²) in [6.07, 6.45) is 0.991. The summed E-state index contributed by atoms with van der Waals surface area (Å²) in [6.45, 7) is 0.266. The zero-order valence-corrected chi connectivity index (χ0v) is 11.5. The van der Waals surface area contributed by atoms with Crippen LogP contribution in [0.25, 0.3) is 0 Å². The number of nitrogens with one attached hydrogen (secondary N) is 2. The second-order valence-corrected chi connectivity index (χ2v) is 5.13. The van der Waals surface area contributed by atoms with E-state index in [1.807, 2.05) is 30.3 Å². The summed E-state index contributed by atoms with van der Waals surface area (Å²) in [5.41, 5.74) is 0.849. The maximum atomic E-state index is 12.1. The van der Waals surface area contributed by atoms with Crippen LogP contribution >= 0.6 is 0 Å². The van der Waals surface area contributed by atoms with Gasteiger partial charge in [0.1, 0.15) is 6.04 Å². The van der Waals surface area contributed by atoms with Crippen molar-refractivity contribution in [2.45, 2.75) is 25.3 Å². The topological polar surface area (TPSA) is 95.5 Å². The number of carboxylic acids is 1. The minimum Gasteiger partial charge on any atom is -0.480 e. The second-order valence-electron chi connectivity index (χ2n) is 5.13. The molecular weight excluding hydrogens is 272 g/mol. The minimum atomic E-state index is -1.06. The van der Waals surface area contributed by atoms with E-state index in [9.17, 15) is 19.5 Å². The average Bonchev–Trinajstić information content (AvgIpc) is 2.48. The van der Waals surface area contributed by atoms with Crippen molar-refractivity contribution >= 4 is 17.8 Å². The molecule has 1 aromatic rings. The van der Waals surface area contributed by atoms with Crippen molar-refractivity contribution in [3.63, 3.8) is 0 Å². The Morgan fingerprint density at radius 1 is 1.33 bits per heavy atom. The van der Waals surface area contributed by atoms with Crippen molar-refractivity contribution < 1.29 is 19.5 Å². The molecule has 0 bridgehead atoms. The Balaban J connectivity index is 1.95. The van der Waals surface area contributed by atoms with Gasteiger partial charge in [0, 0.05) is 19.4 Å². The van der Waals surface area contributed by atoms with E-state index in [2.05, 4.69) is 10.6 Å². The molecule has 0 aliphatic carbocycles. The Labute approximate surface area is 122 Å². The van der Waals surface area contributed by atoms with Crippen LogP contribution in [-0.4, -0.2) is 35.5 Å². The number of aliphatic carboxylic acids is 1. The number of benzene rings is 1. The van der Waals surface area contributed by atoms with Gasteiger partial charge in [-0.25, -0.2) is 4.79 Å². The Morgan fingerprint density at radius 2 is 2.05 bits per heavy atom. The third-order valence-electron chi connectivity index (χ3n) is 3.53. The van der Waals surface area contributed by atoms with Crippen LogP contribution in [0.15, 0.2) is 30.3 Å². The summed E-state index contributed by atoms with van der Waals surface area (Å²) in [5, 5.41) is 14.4. The Kier molecular flexibility index (Phi) is 4.92. The SMILES string of the molecule is O=C1CCC(C(=O)NC(Cc2ccccc2)C(=O)O)CN1.